The molecule has 1 aliphatic heterocycles. The van der Waals surface area contributed by atoms with Crippen molar-refractivity contribution in [3.05, 3.63) is 10.0 Å². The van der Waals surface area contributed by atoms with Gasteiger partial charge in [0.15, 0.2) is 0 Å². The van der Waals surface area contributed by atoms with E-state index >= 15 is 0 Å². The molecule has 0 radical (unpaired) electrons. The Morgan fingerprint density at radius 2 is 1.91 bits per heavy atom. The molecule has 0 atom stereocenters. The highest BCUT2D eigenvalue weighted by Gasteiger charge is 2.27. The number of hydrogen-bond acceptors (Lipinski definition) is 6. The van der Waals surface area contributed by atoms with Gasteiger partial charge in [0.2, 0.25) is 0 Å². The van der Waals surface area contributed by atoms with E-state index in [9.17, 15) is 8.42 Å². The van der Waals surface area contributed by atoms with Crippen LogP contribution >= 0.6 is 11.3 Å². The van der Waals surface area contributed by atoms with Gasteiger partial charge >= 0.3 is 0 Å². The van der Waals surface area contributed by atoms with Crippen LogP contribution in [0.15, 0.2) is 0 Å². The summed E-state index contributed by atoms with van der Waals surface area (Å²) >= 11 is 1.65. The van der Waals surface area contributed by atoms with Gasteiger partial charge in [-0.15, -0.1) is 10.2 Å². The van der Waals surface area contributed by atoms with Crippen LogP contribution in [0.1, 0.15) is 36.2 Å². The molecule has 126 valence electrons. The fraction of sp³-hybridized carbons (Fsp3) is 0.846. The quantitative estimate of drug-likeness (QED) is 0.794. The summed E-state index contributed by atoms with van der Waals surface area (Å²) in [6, 6.07) is 0. The van der Waals surface area contributed by atoms with Crippen molar-refractivity contribution < 1.29 is 8.42 Å². The van der Waals surface area contributed by atoms with E-state index in [0.29, 0.717) is 19.0 Å². The largest absolute Gasteiger partial charge is 0.295 e. The first-order chi connectivity index (χ1) is 10.3. The van der Waals surface area contributed by atoms with E-state index in [2.05, 4.69) is 28.9 Å². The molecule has 22 heavy (non-hydrogen) atoms. The smallest absolute Gasteiger partial charge is 0.281 e. The Labute approximate surface area is 137 Å². The van der Waals surface area contributed by atoms with Crippen molar-refractivity contribution in [3.63, 3.8) is 0 Å². The first-order valence-electron chi connectivity index (χ1n) is 7.53. The highest BCUT2D eigenvalue weighted by molar-refractivity contribution is 7.86. The van der Waals surface area contributed by atoms with Gasteiger partial charge < -0.3 is 0 Å². The molecule has 2 heterocycles. The van der Waals surface area contributed by atoms with Crippen LogP contribution in [0.5, 0.6) is 0 Å². The molecule has 0 saturated carbocycles. The molecule has 1 fully saturated rings. The zero-order valence-electron chi connectivity index (χ0n) is 13.7. The van der Waals surface area contributed by atoms with Crippen LogP contribution in [0, 0.1) is 0 Å². The Morgan fingerprint density at radius 1 is 1.18 bits per heavy atom. The fourth-order valence-electron chi connectivity index (χ4n) is 2.32. The van der Waals surface area contributed by atoms with Crippen LogP contribution in [0.25, 0.3) is 0 Å². The van der Waals surface area contributed by atoms with Crippen molar-refractivity contribution in [1.29, 1.82) is 0 Å². The predicted octanol–water partition coefficient (Wildman–Crippen LogP) is 0.976. The highest BCUT2D eigenvalue weighted by atomic mass is 32.2. The van der Waals surface area contributed by atoms with Gasteiger partial charge in [-0.3, -0.25) is 4.90 Å². The van der Waals surface area contributed by atoms with E-state index in [1.165, 1.54) is 4.31 Å². The van der Waals surface area contributed by atoms with E-state index in [1.54, 1.807) is 29.7 Å². The van der Waals surface area contributed by atoms with Crippen molar-refractivity contribution in [2.24, 2.45) is 0 Å². The van der Waals surface area contributed by atoms with Gasteiger partial charge in [-0.05, 0) is 13.0 Å². The van der Waals surface area contributed by atoms with E-state index in [-0.39, 0.29) is 0 Å². The van der Waals surface area contributed by atoms with E-state index in [1.807, 2.05) is 0 Å². The maximum atomic E-state index is 12.2. The van der Waals surface area contributed by atoms with Crippen LogP contribution in [-0.2, 0) is 16.8 Å². The molecule has 0 N–H and O–H groups in total. The lowest BCUT2D eigenvalue weighted by Crippen LogP contribution is -2.42. The van der Waals surface area contributed by atoms with Crippen molar-refractivity contribution in [3.8, 4) is 0 Å². The van der Waals surface area contributed by atoms with Gasteiger partial charge in [-0.25, -0.2) is 0 Å². The Kier molecular flexibility index (Phi) is 5.89. The third kappa shape index (κ3) is 4.23. The Hall–Kier alpha value is -0.610. The number of rotatable bonds is 5. The van der Waals surface area contributed by atoms with E-state index < -0.39 is 10.2 Å². The number of hydrogen-bond donors (Lipinski definition) is 0. The lowest BCUT2D eigenvalue weighted by atomic mass is 10.2. The number of nitrogens with zero attached hydrogens (tertiary/aromatic N) is 5. The summed E-state index contributed by atoms with van der Waals surface area (Å²) in [7, 11) is -0.160. The molecule has 0 bridgehead atoms. The second-order valence-corrected chi connectivity index (χ2v) is 9.24. The van der Waals surface area contributed by atoms with Crippen LogP contribution < -0.4 is 0 Å². The second kappa shape index (κ2) is 7.31. The van der Waals surface area contributed by atoms with E-state index in [0.717, 1.165) is 36.1 Å². The van der Waals surface area contributed by atoms with Gasteiger partial charge in [0.1, 0.15) is 10.0 Å². The fourth-order valence-corrected chi connectivity index (χ4v) is 4.34. The zero-order chi connectivity index (χ0) is 16.3. The molecule has 0 aliphatic carbocycles. The van der Waals surface area contributed by atoms with Crippen molar-refractivity contribution in [1.82, 2.24) is 23.7 Å². The van der Waals surface area contributed by atoms with Gasteiger partial charge in [-0.2, -0.15) is 17.0 Å². The minimum atomic E-state index is -3.31. The Balaban J connectivity index is 1.95. The first kappa shape index (κ1) is 17.7. The maximum Gasteiger partial charge on any atom is 0.281 e. The molecule has 1 aliphatic rings. The summed E-state index contributed by atoms with van der Waals surface area (Å²) in [5.41, 5.74) is 0. The molecule has 0 unspecified atom stereocenters. The minimum absolute atomic E-state index is 0.399. The highest BCUT2D eigenvalue weighted by Crippen LogP contribution is 2.20. The second-order valence-electron chi connectivity index (χ2n) is 6.01. The van der Waals surface area contributed by atoms with Gasteiger partial charge in [0, 0.05) is 39.6 Å². The van der Waals surface area contributed by atoms with Gasteiger partial charge in [0.25, 0.3) is 10.2 Å². The molecular formula is C13H25N5O2S2. The Morgan fingerprint density at radius 3 is 2.50 bits per heavy atom. The summed E-state index contributed by atoms with van der Waals surface area (Å²) in [6.45, 7) is 7.68. The molecule has 9 heteroatoms. The summed E-state index contributed by atoms with van der Waals surface area (Å²) in [6.07, 6.45) is 0.836. The zero-order valence-corrected chi connectivity index (χ0v) is 15.3. The van der Waals surface area contributed by atoms with Crippen molar-refractivity contribution in [2.75, 3.05) is 40.3 Å². The lowest BCUT2D eigenvalue weighted by molar-refractivity contribution is 0.276. The molecule has 1 saturated heterocycles. The van der Waals surface area contributed by atoms with Crippen LogP contribution in [0.2, 0.25) is 0 Å². The SMILES string of the molecule is CC(C)c1nnc(CN2CCCN(S(=O)(=O)N(C)C)CC2)s1. The topological polar surface area (TPSA) is 69.6 Å². The average molecular weight is 348 g/mol. The maximum absolute atomic E-state index is 12.2. The van der Waals surface area contributed by atoms with E-state index in [4.69, 9.17) is 0 Å². The average Bonchev–Trinajstić information content (AvgIpc) is 2.77. The number of aromatic nitrogens is 2. The molecule has 1 aromatic rings. The van der Waals surface area contributed by atoms with Crippen LogP contribution in [0.3, 0.4) is 0 Å². The summed E-state index contributed by atoms with van der Waals surface area (Å²) in [4.78, 5) is 2.26. The molecule has 2 rings (SSSR count). The third-order valence-electron chi connectivity index (χ3n) is 3.67. The summed E-state index contributed by atoms with van der Waals surface area (Å²) in [5.74, 6) is 0.399. The summed E-state index contributed by atoms with van der Waals surface area (Å²) in [5, 5.41) is 10.5. The molecule has 0 spiro atoms. The standard InChI is InChI=1S/C13H25N5O2S2/c1-11(2)13-15-14-12(21-13)10-17-6-5-7-18(9-8-17)22(19,20)16(3)4/h11H,5-10H2,1-4H3. The molecule has 0 amide bonds. The summed E-state index contributed by atoms with van der Waals surface area (Å²) < 4.78 is 27.2. The molecule has 7 nitrogen and oxygen atoms in total. The Bertz CT molecular complexity index is 585. The molecule has 0 aromatic carbocycles. The third-order valence-corrected chi connectivity index (χ3v) is 6.82. The molecular weight excluding hydrogens is 322 g/mol. The van der Waals surface area contributed by atoms with Gasteiger partial charge in [0.05, 0.1) is 6.54 Å². The van der Waals surface area contributed by atoms with Crippen LogP contribution in [-0.4, -0.2) is 72.4 Å². The lowest BCUT2D eigenvalue weighted by Gasteiger charge is -2.24. The van der Waals surface area contributed by atoms with Gasteiger partial charge in [-0.1, -0.05) is 25.2 Å². The minimum Gasteiger partial charge on any atom is -0.295 e. The van der Waals surface area contributed by atoms with Crippen LogP contribution in [0.4, 0.5) is 0 Å². The first-order valence-corrected chi connectivity index (χ1v) is 9.74. The normalized spacial score (nSPS) is 19.0. The van der Waals surface area contributed by atoms with Crippen molar-refractivity contribution >= 4 is 21.5 Å². The van der Waals surface area contributed by atoms with Crippen molar-refractivity contribution in [2.45, 2.75) is 32.7 Å². The monoisotopic (exact) mass is 347 g/mol. The molecule has 1 aromatic heterocycles. The predicted molar refractivity (Wildman–Crippen MR) is 88.1 cm³/mol.